The van der Waals surface area contributed by atoms with Crippen molar-refractivity contribution in [1.29, 1.82) is 0 Å². The maximum absolute atomic E-state index is 13.4. The maximum Gasteiger partial charge on any atom is 0.318 e. The number of carbonyl (C=O) groups is 1. The third kappa shape index (κ3) is 3.31. The molecule has 0 amide bonds. The predicted octanol–water partition coefficient (Wildman–Crippen LogP) is 1.90. The summed E-state index contributed by atoms with van der Waals surface area (Å²) in [6, 6.07) is 2.67. The van der Waals surface area contributed by atoms with Gasteiger partial charge in [-0.25, -0.2) is 18.7 Å². The molecule has 3 heterocycles. The molecule has 1 aliphatic heterocycles. The number of hydrogen-bond donors (Lipinski definition) is 2. The van der Waals surface area contributed by atoms with Crippen molar-refractivity contribution >= 4 is 17.9 Å². The summed E-state index contributed by atoms with van der Waals surface area (Å²) >= 11 is 0. The molecule has 3 aromatic rings. The fourth-order valence-corrected chi connectivity index (χ4v) is 3.66. The van der Waals surface area contributed by atoms with Crippen LogP contribution in [0.15, 0.2) is 28.9 Å². The van der Waals surface area contributed by atoms with Crippen LogP contribution < -0.4 is 10.2 Å². The molecule has 0 spiro atoms. The Kier molecular flexibility index (Phi) is 4.30. The highest BCUT2D eigenvalue weighted by Crippen LogP contribution is 2.28. The van der Waals surface area contributed by atoms with E-state index in [4.69, 9.17) is 9.52 Å². The minimum Gasteiger partial charge on any atom is -0.481 e. The number of nitrogens with one attached hydrogen (secondary N) is 1. The molecule has 2 aliphatic rings. The van der Waals surface area contributed by atoms with E-state index in [9.17, 15) is 13.6 Å². The zero-order valence-corrected chi connectivity index (χ0v) is 15.5. The largest absolute Gasteiger partial charge is 0.481 e. The second-order valence-corrected chi connectivity index (χ2v) is 7.41. The first kappa shape index (κ1) is 18.4. The van der Waals surface area contributed by atoms with E-state index >= 15 is 0 Å². The number of rotatable bonds is 5. The number of halogens is 2. The molecule has 1 saturated heterocycles. The highest BCUT2D eigenvalue weighted by molar-refractivity contribution is 5.73. The van der Waals surface area contributed by atoms with Crippen molar-refractivity contribution in [3.63, 3.8) is 0 Å². The van der Waals surface area contributed by atoms with Crippen LogP contribution in [-0.2, 0) is 17.6 Å². The molecule has 0 saturated carbocycles. The Morgan fingerprint density at radius 3 is 2.33 bits per heavy atom. The smallest absolute Gasteiger partial charge is 0.318 e. The van der Waals surface area contributed by atoms with Gasteiger partial charge in [0.05, 0.1) is 11.5 Å². The number of carboxylic acids is 1. The van der Waals surface area contributed by atoms with Crippen molar-refractivity contribution in [3.05, 3.63) is 47.3 Å². The summed E-state index contributed by atoms with van der Waals surface area (Å²) in [7, 11) is 0. The fourth-order valence-electron chi connectivity index (χ4n) is 3.66. The SMILES string of the molecule is O=C(O)C1CN(c2nnc(-c3cnc(NC4Cc5cc(F)c(F)cc5C4)nc3)o2)C1. The first-order valence-electron chi connectivity index (χ1n) is 9.33. The van der Waals surface area contributed by atoms with Crippen LogP contribution in [0.25, 0.3) is 11.5 Å². The van der Waals surface area contributed by atoms with Gasteiger partial charge in [0, 0.05) is 31.5 Å². The van der Waals surface area contributed by atoms with Crippen molar-refractivity contribution in [2.24, 2.45) is 5.92 Å². The van der Waals surface area contributed by atoms with Gasteiger partial charge in [0.15, 0.2) is 11.6 Å². The molecule has 0 unspecified atom stereocenters. The van der Waals surface area contributed by atoms with Crippen molar-refractivity contribution in [3.8, 4) is 11.5 Å². The van der Waals surface area contributed by atoms with Crippen molar-refractivity contribution < 1.29 is 23.1 Å². The predicted molar refractivity (Wildman–Crippen MR) is 99.8 cm³/mol. The molecule has 2 N–H and O–H groups in total. The van der Waals surface area contributed by atoms with Crippen LogP contribution in [0.3, 0.4) is 0 Å². The molecule has 1 aromatic carbocycles. The first-order valence-corrected chi connectivity index (χ1v) is 9.33. The molecule has 1 fully saturated rings. The van der Waals surface area contributed by atoms with E-state index in [0.29, 0.717) is 37.4 Å². The van der Waals surface area contributed by atoms with E-state index in [1.54, 1.807) is 4.90 Å². The Labute approximate surface area is 168 Å². The molecule has 9 nitrogen and oxygen atoms in total. The summed E-state index contributed by atoms with van der Waals surface area (Å²) in [4.78, 5) is 21.1. The first-order chi connectivity index (χ1) is 14.5. The highest BCUT2D eigenvalue weighted by Gasteiger charge is 2.35. The second-order valence-electron chi connectivity index (χ2n) is 7.41. The molecular weight excluding hydrogens is 398 g/mol. The van der Waals surface area contributed by atoms with Crippen molar-refractivity contribution in [2.45, 2.75) is 18.9 Å². The van der Waals surface area contributed by atoms with Gasteiger partial charge in [0.1, 0.15) is 0 Å². The molecule has 30 heavy (non-hydrogen) atoms. The van der Waals surface area contributed by atoms with E-state index in [-0.39, 0.29) is 17.9 Å². The van der Waals surface area contributed by atoms with Gasteiger partial charge in [0.25, 0.3) is 5.89 Å². The van der Waals surface area contributed by atoms with Crippen molar-refractivity contribution in [2.75, 3.05) is 23.3 Å². The van der Waals surface area contributed by atoms with Gasteiger partial charge in [-0.2, -0.15) is 0 Å². The summed E-state index contributed by atoms with van der Waals surface area (Å²) in [5, 5.41) is 20.0. The molecular formula is C19H16F2N6O3. The molecule has 2 aromatic heterocycles. The minimum atomic E-state index is -0.844. The lowest BCUT2D eigenvalue weighted by atomic mass is 10.0. The molecule has 154 valence electrons. The van der Waals surface area contributed by atoms with Gasteiger partial charge in [0.2, 0.25) is 5.95 Å². The lowest BCUT2D eigenvalue weighted by molar-refractivity contribution is -0.142. The summed E-state index contributed by atoms with van der Waals surface area (Å²) in [6.07, 6.45) is 4.17. The van der Waals surface area contributed by atoms with E-state index in [1.807, 2.05) is 0 Å². The number of fused-ring (bicyclic) bond motifs is 1. The lowest BCUT2D eigenvalue weighted by Crippen LogP contribution is -2.50. The monoisotopic (exact) mass is 414 g/mol. The van der Waals surface area contributed by atoms with Crippen LogP contribution in [0.1, 0.15) is 11.1 Å². The lowest BCUT2D eigenvalue weighted by Gasteiger charge is -2.34. The average Bonchev–Trinajstić information content (AvgIpc) is 3.28. The molecule has 5 rings (SSSR count). The Morgan fingerprint density at radius 2 is 1.73 bits per heavy atom. The van der Waals surface area contributed by atoms with Crippen LogP contribution in [0, 0.1) is 17.6 Å². The quantitative estimate of drug-likeness (QED) is 0.645. The fraction of sp³-hybridized carbons (Fsp3) is 0.316. The zero-order chi connectivity index (χ0) is 20.8. The van der Waals surface area contributed by atoms with Gasteiger partial charge < -0.3 is 19.7 Å². The second kappa shape index (κ2) is 7.01. The maximum atomic E-state index is 13.4. The van der Waals surface area contributed by atoms with Gasteiger partial charge in [-0.1, -0.05) is 5.10 Å². The number of benzene rings is 1. The van der Waals surface area contributed by atoms with E-state index in [1.165, 1.54) is 24.5 Å². The molecule has 0 atom stereocenters. The molecule has 0 bridgehead atoms. The standard InChI is InChI=1S/C19H16F2N6O3/c20-14-3-9-1-13(2-10(9)4-15(14)21)24-18-22-5-11(6-23-18)16-25-26-19(30-16)27-7-12(8-27)17(28)29/h3-6,12-13H,1-2,7-8H2,(H,28,29)(H,22,23,24). The number of aliphatic carboxylic acids is 1. The Morgan fingerprint density at radius 1 is 1.10 bits per heavy atom. The third-order valence-corrected chi connectivity index (χ3v) is 5.32. The summed E-state index contributed by atoms with van der Waals surface area (Å²) in [5.41, 5.74) is 2.07. The van der Waals surface area contributed by atoms with E-state index in [0.717, 1.165) is 11.1 Å². The van der Waals surface area contributed by atoms with Crippen LogP contribution in [-0.4, -0.2) is 50.4 Å². The highest BCUT2D eigenvalue weighted by atomic mass is 19.2. The summed E-state index contributed by atoms with van der Waals surface area (Å²) < 4.78 is 32.4. The Hall–Kier alpha value is -3.63. The van der Waals surface area contributed by atoms with Gasteiger partial charge in [-0.05, 0) is 36.1 Å². The van der Waals surface area contributed by atoms with Crippen molar-refractivity contribution in [1.82, 2.24) is 20.2 Å². The average molecular weight is 414 g/mol. The third-order valence-electron chi connectivity index (χ3n) is 5.32. The topological polar surface area (TPSA) is 117 Å². The Balaban J connectivity index is 1.22. The normalized spacial score (nSPS) is 16.4. The van der Waals surface area contributed by atoms with Gasteiger partial charge in [-0.15, -0.1) is 5.10 Å². The van der Waals surface area contributed by atoms with E-state index in [2.05, 4.69) is 25.5 Å². The summed E-state index contributed by atoms with van der Waals surface area (Å²) in [6.45, 7) is 0.655. The van der Waals surface area contributed by atoms with Gasteiger partial charge >= 0.3 is 12.0 Å². The van der Waals surface area contributed by atoms with Crippen LogP contribution in [0.4, 0.5) is 20.7 Å². The number of anilines is 2. The minimum absolute atomic E-state index is 0.0596. The molecule has 11 heteroatoms. The zero-order valence-electron chi connectivity index (χ0n) is 15.5. The molecule has 1 aliphatic carbocycles. The van der Waals surface area contributed by atoms with Gasteiger partial charge in [-0.3, -0.25) is 4.79 Å². The van der Waals surface area contributed by atoms with Crippen LogP contribution in [0.5, 0.6) is 0 Å². The number of hydrogen-bond acceptors (Lipinski definition) is 8. The number of carboxylic acid groups (broad SMARTS) is 1. The van der Waals surface area contributed by atoms with E-state index < -0.39 is 23.5 Å². The van der Waals surface area contributed by atoms with Crippen LogP contribution >= 0.6 is 0 Å². The summed E-state index contributed by atoms with van der Waals surface area (Å²) in [5.74, 6) is -2.35. The molecule has 0 radical (unpaired) electrons. The number of aromatic nitrogens is 4. The Bertz CT molecular complexity index is 1080. The number of nitrogens with zero attached hydrogens (tertiary/aromatic N) is 5. The van der Waals surface area contributed by atoms with Crippen LogP contribution in [0.2, 0.25) is 0 Å².